The van der Waals surface area contributed by atoms with Crippen LogP contribution in [0.2, 0.25) is 0 Å². The van der Waals surface area contributed by atoms with Crippen LogP contribution in [0.4, 0.5) is 5.69 Å². The Kier molecular flexibility index (Phi) is 8.93. The van der Waals surface area contributed by atoms with E-state index in [0.29, 0.717) is 6.54 Å². The molecule has 0 aromatic heterocycles. The van der Waals surface area contributed by atoms with Gasteiger partial charge in [0.1, 0.15) is 0 Å². The molecule has 0 aliphatic carbocycles. The zero-order valence-electron chi connectivity index (χ0n) is 15.0. The van der Waals surface area contributed by atoms with Crippen molar-refractivity contribution >= 4 is 36.4 Å². The van der Waals surface area contributed by atoms with Crippen LogP contribution in [-0.2, 0) is 24.2 Å². The average Bonchev–Trinajstić information content (AvgIpc) is 2.62. The van der Waals surface area contributed by atoms with Gasteiger partial charge in [-0.15, -0.1) is 24.8 Å². The molecule has 0 radical (unpaired) electrons. The summed E-state index contributed by atoms with van der Waals surface area (Å²) in [5.74, 6) is 0.102. The van der Waals surface area contributed by atoms with Gasteiger partial charge < -0.3 is 11.1 Å². The smallest absolute Gasteiger partial charge is 0.237 e. The van der Waals surface area contributed by atoms with E-state index in [0.717, 1.165) is 31.6 Å². The minimum Gasteiger partial charge on any atom is -0.399 e. The van der Waals surface area contributed by atoms with Crippen LogP contribution in [0.25, 0.3) is 0 Å². The summed E-state index contributed by atoms with van der Waals surface area (Å²) in [5.41, 5.74) is 10.4. The summed E-state index contributed by atoms with van der Waals surface area (Å²) in [4.78, 5) is 14.7. The van der Waals surface area contributed by atoms with Gasteiger partial charge in [-0.3, -0.25) is 9.69 Å². The van der Waals surface area contributed by atoms with Gasteiger partial charge >= 0.3 is 0 Å². The number of benzene rings is 2. The second kappa shape index (κ2) is 10.4. The van der Waals surface area contributed by atoms with E-state index < -0.39 is 0 Å². The number of nitrogens with one attached hydrogen (secondary N) is 1. The predicted molar refractivity (Wildman–Crippen MR) is 112 cm³/mol. The Morgan fingerprint density at radius 1 is 1.12 bits per heavy atom. The Balaban J connectivity index is 0.00000169. The van der Waals surface area contributed by atoms with E-state index in [1.165, 1.54) is 16.7 Å². The van der Waals surface area contributed by atoms with Crippen molar-refractivity contribution in [2.24, 2.45) is 0 Å². The molecule has 1 aliphatic heterocycles. The highest BCUT2D eigenvalue weighted by molar-refractivity contribution is 5.85. The summed E-state index contributed by atoms with van der Waals surface area (Å²) in [6, 6.07) is 16.2. The highest BCUT2D eigenvalue weighted by Crippen LogP contribution is 2.20. The molecular weight excluding hydrogens is 369 g/mol. The monoisotopic (exact) mass is 395 g/mol. The number of nitrogens with two attached hydrogens (primary N) is 1. The average molecular weight is 396 g/mol. The number of rotatable bonds is 5. The largest absolute Gasteiger partial charge is 0.399 e. The number of anilines is 1. The van der Waals surface area contributed by atoms with Gasteiger partial charge in [-0.2, -0.15) is 0 Å². The molecule has 2 aromatic rings. The quantitative estimate of drug-likeness (QED) is 0.763. The Bertz CT molecular complexity index is 706. The lowest BCUT2D eigenvalue weighted by Crippen LogP contribution is -2.47. The van der Waals surface area contributed by atoms with Crippen molar-refractivity contribution in [1.82, 2.24) is 10.2 Å². The predicted octanol–water partition coefficient (Wildman–Crippen LogP) is 3.22. The van der Waals surface area contributed by atoms with E-state index in [-0.39, 0.29) is 36.8 Å². The minimum absolute atomic E-state index is 0. The molecule has 0 saturated carbocycles. The van der Waals surface area contributed by atoms with E-state index in [4.69, 9.17) is 5.73 Å². The fourth-order valence-corrected chi connectivity index (χ4v) is 3.18. The molecule has 1 unspecified atom stereocenters. The first-order chi connectivity index (χ1) is 11.6. The van der Waals surface area contributed by atoms with Gasteiger partial charge in [0.05, 0.1) is 6.04 Å². The SMILES string of the molecule is CC(C(=O)NCCc1ccc(N)cc1)N1CCc2ccccc2C1.Cl.Cl. The molecule has 1 aliphatic rings. The molecule has 3 rings (SSSR count). The van der Waals surface area contributed by atoms with Crippen molar-refractivity contribution in [3.8, 4) is 0 Å². The number of amides is 1. The lowest BCUT2D eigenvalue weighted by Gasteiger charge is -2.32. The Morgan fingerprint density at radius 3 is 2.46 bits per heavy atom. The normalized spacial score (nSPS) is 14.3. The molecule has 26 heavy (non-hydrogen) atoms. The molecule has 6 heteroatoms. The third kappa shape index (κ3) is 5.63. The fraction of sp³-hybridized carbons (Fsp3) is 0.350. The van der Waals surface area contributed by atoms with Gasteiger partial charge in [-0.25, -0.2) is 0 Å². The Hall–Kier alpha value is -1.75. The van der Waals surface area contributed by atoms with E-state index in [9.17, 15) is 4.79 Å². The molecule has 2 aromatic carbocycles. The Morgan fingerprint density at radius 2 is 1.77 bits per heavy atom. The molecule has 1 amide bonds. The standard InChI is InChI=1S/C20H25N3O.2ClH/c1-15(23-13-11-17-4-2-3-5-18(17)14-23)20(24)22-12-10-16-6-8-19(21)9-7-16;;/h2-9,15H,10-14,21H2,1H3,(H,22,24);2*1H. The number of nitrogen functional groups attached to an aromatic ring is 1. The summed E-state index contributed by atoms with van der Waals surface area (Å²) < 4.78 is 0. The third-order valence-electron chi connectivity index (χ3n) is 4.78. The molecule has 4 nitrogen and oxygen atoms in total. The van der Waals surface area contributed by atoms with E-state index in [2.05, 4.69) is 34.5 Å². The third-order valence-corrected chi connectivity index (χ3v) is 4.78. The van der Waals surface area contributed by atoms with Crippen LogP contribution >= 0.6 is 24.8 Å². The van der Waals surface area contributed by atoms with Crippen molar-refractivity contribution in [2.75, 3.05) is 18.8 Å². The number of halogens is 2. The van der Waals surface area contributed by atoms with Crippen LogP contribution < -0.4 is 11.1 Å². The minimum atomic E-state index is -0.107. The van der Waals surface area contributed by atoms with Crippen molar-refractivity contribution < 1.29 is 4.79 Å². The first kappa shape index (κ1) is 22.3. The van der Waals surface area contributed by atoms with E-state index in [1.54, 1.807) is 0 Å². The van der Waals surface area contributed by atoms with Crippen LogP contribution in [0.3, 0.4) is 0 Å². The van der Waals surface area contributed by atoms with Crippen molar-refractivity contribution in [3.63, 3.8) is 0 Å². The highest BCUT2D eigenvalue weighted by atomic mass is 35.5. The number of hydrogen-bond donors (Lipinski definition) is 2. The number of fused-ring (bicyclic) bond motifs is 1. The topological polar surface area (TPSA) is 58.4 Å². The number of nitrogens with zero attached hydrogens (tertiary/aromatic N) is 1. The van der Waals surface area contributed by atoms with Crippen LogP contribution in [0, 0.1) is 0 Å². The van der Waals surface area contributed by atoms with Gasteiger partial charge in [0.25, 0.3) is 0 Å². The second-order valence-electron chi connectivity index (χ2n) is 6.45. The zero-order chi connectivity index (χ0) is 16.9. The fourth-order valence-electron chi connectivity index (χ4n) is 3.18. The lowest BCUT2D eigenvalue weighted by molar-refractivity contribution is -0.126. The van der Waals surface area contributed by atoms with Crippen LogP contribution in [0.15, 0.2) is 48.5 Å². The zero-order valence-corrected chi connectivity index (χ0v) is 16.6. The molecule has 1 atom stereocenters. The molecule has 1 heterocycles. The first-order valence-corrected chi connectivity index (χ1v) is 8.56. The van der Waals surface area contributed by atoms with Crippen molar-refractivity contribution in [1.29, 1.82) is 0 Å². The van der Waals surface area contributed by atoms with Crippen LogP contribution in [0.1, 0.15) is 23.6 Å². The van der Waals surface area contributed by atoms with E-state index >= 15 is 0 Å². The van der Waals surface area contributed by atoms with Crippen LogP contribution in [-0.4, -0.2) is 29.9 Å². The molecular formula is C20H27Cl2N3O. The summed E-state index contributed by atoms with van der Waals surface area (Å²) in [7, 11) is 0. The summed E-state index contributed by atoms with van der Waals surface area (Å²) in [5, 5.41) is 3.05. The van der Waals surface area contributed by atoms with Gasteiger partial charge in [0.2, 0.25) is 5.91 Å². The second-order valence-corrected chi connectivity index (χ2v) is 6.45. The summed E-state index contributed by atoms with van der Waals surface area (Å²) in [6.45, 7) is 4.43. The Labute approximate surface area is 168 Å². The number of carbonyl (C=O) groups excluding carboxylic acids is 1. The molecule has 3 N–H and O–H groups in total. The maximum Gasteiger partial charge on any atom is 0.237 e. The number of hydrogen-bond acceptors (Lipinski definition) is 3. The van der Waals surface area contributed by atoms with Gasteiger partial charge in [-0.1, -0.05) is 36.4 Å². The maximum absolute atomic E-state index is 12.4. The van der Waals surface area contributed by atoms with Gasteiger partial charge in [0.15, 0.2) is 0 Å². The van der Waals surface area contributed by atoms with Gasteiger partial charge in [-0.05, 0) is 48.6 Å². The maximum atomic E-state index is 12.4. The van der Waals surface area contributed by atoms with Crippen molar-refractivity contribution in [3.05, 3.63) is 65.2 Å². The lowest BCUT2D eigenvalue weighted by atomic mass is 9.99. The summed E-state index contributed by atoms with van der Waals surface area (Å²) >= 11 is 0. The summed E-state index contributed by atoms with van der Waals surface area (Å²) in [6.07, 6.45) is 1.83. The molecule has 142 valence electrons. The first-order valence-electron chi connectivity index (χ1n) is 8.56. The van der Waals surface area contributed by atoms with Gasteiger partial charge in [0, 0.05) is 25.3 Å². The van der Waals surface area contributed by atoms with E-state index in [1.807, 2.05) is 31.2 Å². The highest BCUT2D eigenvalue weighted by Gasteiger charge is 2.24. The number of carbonyl (C=O) groups is 1. The van der Waals surface area contributed by atoms with Crippen LogP contribution in [0.5, 0.6) is 0 Å². The molecule has 0 spiro atoms. The molecule has 0 bridgehead atoms. The molecule has 0 saturated heterocycles. The van der Waals surface area contributed by atoms with Crippen molar-refractivity contribution in [2.45, 2.75) is 32.4 Å². The molecule has 0 fully saturated rings.